The van der Waals surface area contributed by atoms with Crippen molar-refractivity contribution < 1.29 is 19.3 Å². The molecule has 9 nitrogen and oxygen atoms in total. The molecule has 2 N–H and O–H groups in total. The Morgan fingerprint density at radius 2 is 2.13 bits per heavy atom. The van der Waals surface area contributed by atoms with Gasteiger partial charge in [0, 0.05) is 12.6 Å². The van der Waals surface area contributed by atoms with E-state index < -0.39 is 19.3 Å². The summed E-state index contributed by atoms with van der Waals surface area (Å²) in [6, 6.07) is 6.12. The number of nitro groups is 1. The molecule has 10 heteroatoms. The molecule has 0 bridgehead atoms. The third-order valence-corrected chi connectivity index (χ3v) is 10.5. The van der Waals surface area contributed by atoms with Crippen molar-refractivity contribution >= 4 is 25.8 Å². The van der Waals surface area contributed by atoms with Gasteiger partial charge >= 0.3 is 6.09 Å². The second kappa shape index (κ2) is 9.02. The lowest BCUT2D eigenvalue weighted by atomic mass is 10.1. The topological polar surface area (TPSA) is 129 Å². The van der Waals surface area contributed by atoms with Gasteiger partial charge in [0.25, 0.3) is 5.69 Å². The molecule has 2 atom stereocenters. The smallest absolute Gasteiger partial charge is 0.404 e. The maximum absolute atomic E-state index is 11.6. The number of rotatable bonds is 7. The van der Waals surface area contributed by atoms with Gasteiger partial charge < -0.3 is 19.7 Å². The summed E-state index contributed by atoms with van der Waals surface area (Å²) in [5.74, 6) is 0. The van der Waals surface area contributed by atoms with Crippen LogP contribution in [0.1, 0.15) is 32.8 Å². The van der Waals surface area contributed by atoms with Gasteiger partial charge in [-0.05, 0) is 36.2 Å². The van der Waals surface area contributed by atoms with E-state index in [9.17, 15) is 14.9 Å². The molecule has 1 heterocycles. The molecule has 0 aromatic heterocycles. The Morgan fingerprint density at radius 1 is 1.47 bits per heavy atom. The summed E-state index contributed by atoms with van der Waals surface area (Å²) in [7, 11) is -2.06. The van der Waals surface area contributed by atoms with E-state index in [-0.39, 0.29) is 29.2 Å². The van der Waals surface area contributed by atoms with Crippen LogP contribution in [0.3, 0.4) is 0 Å². The molecule has 2 rings (SSSR count). The molecule has 1 amide bonds. The third-order valence-electron chi connectivity index (χ3n) is 6.01. The first-order chi connectivity index (χ1) is 13.9. The fourth-order valence-corrected chi connectivity index (χ4v) is 4.37. The number of nitro benzene ring substituents is 1. The van der Waals surface area contributed by atoms with Crippen LogP contribution >= 0.6 is 0 Å². The predicted molar refractivity (Wildman–Crippen MR) is 116 cm³/mol. The molecule has 1 fully saturated rings. The zero-order chi connectivity index (χ0) is 22.7. The number of hydrogen-bond donors (Lipinski definition) is 2. The Balaban J connectivity index is 2.38. The summed E-state index contributed by atoms with van der Waals surface area (Å²) in [5, 5.41) is 32.3. The summed E-state index contributed by atoms with van der Waals surface area (Å²) < 4.78 is 6.36. The number of hydrogen-bond acceptors (Lipinski definition) is 6. The maximum atomic E-state index is 11.6. The van der Waals surface area contributed by atoms with E-state index in [1.54, 1.807) is 12.1 Å². The van der Waals surface area contributed by atoms with Gasteiger partial charge in [0.1, 0.15) is 5.69 Å². The molecule has 164 valence electrons. The van der Waals surface area contributed by atoms with Gasteiger partial charge in [0.05, 0.1) is 36.1 Å². The average Bonchev–Trinajstić information content (AvgIpc) is 3.01. The molecule has 0 aliphatic carbocycles. The fourth-order valence-electron chi connectivity index (χ4n) is 3.32. The highest BCUT2D eigenvalue weighted by Gasteiger charge is 2.41. The predicted octanol–water partition coefficient (Wildman–Crippen LogP) is 3.90. The standard InChI is InChI=1S/C20H30N4O5Si/c1-20(2,3)30(4,5)29-13-16-11-15(22-19(25)26)12-23(16)18-10-14(8-9-21)6-7-17(18)24(27)28/h6-7,10,15-16,22H,8,11-13H2,1-5H3,(H,25,26)/t15-,16-/m0/s1. The van der Waals surface area contributed by atoms with Gasteiger partial charge in [-0.25, -0.2) is 4.79 Å². The molecule has 0 radical (unpaired) electrons. The number of benzene rings is 1. The van der Waals surface area contributed by atoms with Crippen LogP contribution in [0.2, 0.25) is 18.1 Å². The first kappa shape index (κ1) is 23.6. The van der Waals surface area contributed by atoms with Crippen LogP contribution < -0.4 is 10.2 Å². The Kier molecular flexibility index (Phi) is 7.10. The van der Waals surface area contributed by atoms with Crippen LogP contribution in [0.25, 0.3) is 0 Å². The minimum atomic E-state index is -2.06. The number of nitriles is 1. The van der Waals surface area contributed by atoms with Crippen molar-refractivity contribution in [3.8, 4) is 6.07 Å². The van der Waals surface area contributed by atoms with Gasteiger partial charge in [0.2, 0.25) is 0 Å². The van der Waals surface area contributed by atoms with Gasteiger partial charge in [0.15, 0.2) is 8.32 Å². The zero-order valence-corrected chi connectivity index (χ0v) is 19.1. The number of nitrogens with one attached hydrogen (secondary N) is 1. The van der Waals surface area contributed by atoms with Gasteiger partial charge in [-0.2, -0.15) is 5.26 Å². The van der Waals surface area contributed by atoms with E-state index in [2.05, 4.69) is 45.3 Å². The van der Waals surface area contributed by atoms with Crippen LogP contribution in [-0.2, 0) is 10.8 Å². The first-order valence-corrected chi connectivity index (χ1v) is 12.8. The molecule has 0 spiro atoms. The van der Waals surface area contributed by atoms with Crippen molar-refractivity contribution in [2.45, 2.75) is 63.8 Å². The molecule has 1 aromatic rings. The average molecular weight is 435 g/mol. The van der Waals surface area contributed by atoms with Crippen molar-refractivity contribution in [1.29, 1.82) is 5.26 Å². The Bertz CT molecular complexity index is 847. The van der Waals surface area contributed by atoms with Crippen molar-refractivity contribution in [2.24, 2.45) is 0 Å². The highest BCUT2D eigenvalue weighted by Crippen LogP contribution is 2.39. The van der Waals surface area contributed by atoms with Gasteiger partial charge in [-0.15, -0.1) is 0 Å². The molecule has 30 heavy (non-hydrogen) atoms. The zero-order valence-electron chi connectivity index (χ0n) is 18.1. The minimum absolute atomic E-state index is 0.00780. The molecule has 1 aliphatic heterocycles. The lowest BCUT2D eigenvalue weighted by Gasteiger charge is -2.38. The van der Waals surface area contributed by atoms with Crippen LogP contribution in [0, 0.1) is 21.4 Å². The quantitative estimate of drug-likeness (QED) is 0.378. The lowest BCUT2D eigenvalue weighted by Crippen LogP contribution is -2.45. The summed E-state index contributed by atoms with van der Waals surface area (Å²) in [6.45, 7) is 11.3. The molecular formula is C20H30N4O5Si. The van der Waals surface area contributed by atoms with E-state index in [0.29, 0.717) is 30.8 Å². The van der Waals surface area contributed by atoms with Crippen molar-refractivity contribution in [2.75, 3.05) is 18.1 Å². The van der Waals surface area contributed by atoms with E-state index in [1.165, 1.54) is 6.07 Å². The van der Waals surface area contributed by atoms with E-state index in [0.717, 1.165) is 0 Å². The van der Waals surface area contributed by atoms with Crippen molar-refractivity contribution in [1.82, 2.24) is 5.32 Å². The number of carboxylic acid groups (broad SMARTS) is 1. The number of nitrogens with zero attached hydrogens (tertiary/aromatic N) is 3. The number of carbonyl (C=O) groups is 1. The molecule has 0 saturated carbocycles. The fraction of sp³-hybridized carbons (Fsp3) is 0.600. The van der Waals surface area contributed by atoms with E-state index >= 15 is 0 Å². The second-order valence-corrected chi connectivity index (χ2v) is 14.0. The summed E-state index contributed by atoms with van der Waals surface area (Å²) in [4.78, 5) is 24.2. The van der Waals surface area contributed by atoms with Gasteiger partial charge in [-0.1, -0.05) is 26.8 Å². The largest absolute Gasteiger partial charge is 0.465 e. The van der Waals surface area contributed by atoms with Crippen LogP contribution in [-0.4, -0.2) is 49.7 Å². The Hall–Kier alpha value is -2.64. The minimum Gasteiger partial charge on any atom is -0.465 e. The van der Waals surface area contributed by atoms with Crippen LogP contribution in [0.4, 0.5) is 16.2 Å². The van der Waals surface area contributed by atoms with Crippen LogP contribution in [0.5, 0.6) is 0 Å². The number of amides is 1. The molecule has 0 unspecified atom stereocenters. The monoisotopic (exact) mass is 434 g/mol. The van der Waals surface area contributed by atoms with E-state index in [1.807, 2.05) is 4.90 Å². The molecule has 1 aromatic carbocycles. The molecule has 1 saturated heterocycles. The second-order valence-electron chi connectivity index (χ2n) is 9.17. The molecule has 1 aliphatic rings. The highest BCUT2D eigenvalue weighted by molar-refractivity contribution is 6.74. The maximum Gasteiger partial charge on any atom is 0.404 e. The highest BCUT2D eigenvalue weighted by atomic mass is 28.4. The van der Waals surface area contributed by atoms with Crippen LogP contribution in [0.15, 0.2) is 18.2 Å². The molecular weight excluding hydrogens is 404 g/mol. The Morgan fingerprint density at radius 3 is 2.67 bits per heavy atom. The summed E-state index contributed by atoms with van der Waals surface area (Å²) in [6.07, 6.45) is -0.500. The Labute approximate surface area is 177 Å². The third kappa shape index (κ3) is 5.49. The lowest BCUT2D eigenvalue weighted by molar-refractivity contribution is -0.384. The first-order valence-electron chi connectivity index (χ1n) is 9.90. The number of anilines is 1. The van der Waals surface area contributed by atoms with Crippen molar-refractivity contribution in [3.63, 3.8) is 0 Å². The summed E-state index contributed by atoms with van der Waals surface area (Å²) >= 11 is 0. The SMILES string of the molecule is CC(C)(C)[Si](C)(C)OC[C@@H]1C[C@H](NC(=O)O)CN1c1cc(CC#N)ccc1[N+](=O)[O-]. The normalized spacial score (nSPS) is 19.4. The summed E-state index contributed by atoms with van der Waals surface area (Å²) in [5.41, 5.74) is 1.01. The van der Waals surface area contributed by atoms with Gasteiger partial charge in [-0.3, -0.25) is 10.1 Å². The van der Waals surface area contributed by atoms with Crippen molar-refractivity contribution in [3.05, 3.63) is 33.9 Å². The van der Waals surface area contributed by atoms with E-state index in [4.69, 9.17) is 14.8 Å².